The van der Waals surface area contributed by atoms with Crippen LogP contribution in [0.1, 0.15) is 30.1 Å². The topological polar surface area (TPSA) is 78.9 Å². The number of hydrogen-bond donors (Lipinski definition) is 0. The van der Waals surface area contributed by atoms with Crippen molar-refractivity contribution < 1.29 is 26.9 Å². The highest BCUT2D eigenvalue weighted by molar-refractivity contribution is 7.87. The number of carbonyl (C=O) groups excluding carboxylic acids is 1. The minimum absolute atomic E-state index is 0.0105. The molecule has 0 spiro atoms. The summed E-state index contributed by atoms with van der Waals surface area (Å²) >= 11 is 0. The predicted octanol–water partition coefficient (Wildman–Crippen LogP) is 3.42. The maximum Gasteiger partial charge on any atom is 0.339 e. The Bertz CT molecular complexity index is 794. The zero-order valence-electron chi connectivity index (χ0n) is 14.1. The summed E-state index contributed by atoms with van der Waals surface area (Å²) in [5.41, 5.74) is 0.338. The molecule has 2 aromatic rings. The fourth-order valence-electron chi connectivity index (χ4n) is 1.96. The van der Waals surface area contributed by atoms with Crippen molar-refractivity contribution in [3.8, 4) is 11.5 Å². The number of rotatable bonds is 8. The van der Waals surface area contributed by atoms with Crippen molar-refractivity contribution in [1.82, 2.24) is 0 Å². The van der Waals surface area contributed by atoms with Gasteiger partial charge in [0.15, 0.2) is 0 Å². The van der Waals surface area contributed by atoms with Gasteiger partial charge in [-0.3, -0.25) is 0 Å². The highest BCUT2D eigenvalue weighted by atomic mass is 32.2. The summed E-state index contributed by atoms with van der Waals surface area (Å²) in [6.45, 7) is 2.36. The fourth-order valence-corrected chi connectivity index (χ4v) is 2.89. The lowest BCUT2D eigenvalue weighted by atomic mass is 10.2. The maximum absolute atomic E-state index is 12.2. The third kappa shape index (κ3) is 5.22. The molecule has 0 amide bonds. The predicted molar refractivity (Wildman–Crippen MR) is 92.4 cm³/mol. The summed E-state index contributed by atoms with van der Waals surface area (Å²) < 4.78 is 39.6. The molecule has 0 atom stereocenters. The molecule has 0 aliphatic heterocycles. The zero-order chi connectivity index (χ0) is 18.3. The van der Waals surface area contributed by atoms with E-state index in [1.807, 2.05) is 6.92 Å². The monoisotopic (exact) mass is 364 g/mol. The van der Waals surface area contributed by atoms with Crippen LogP contribution in [-0.2, 0) is 14.9 Å². The van der Waals surface area contributed by atoms with Crippen molar-refractivity contribution in [3.63, 3.8) is 0 Å². The molecule has 6 nitrogen and oxygen atoms in total. The van der Waals surface area contributed by atoms with E-state index in [1.165, 1.54) is 55.6 Å². The van der Waals surface area contributed by atoms with Crippen LogP contribution in [0, 0.1) is 0 Å². The van der Waals surface area contributed by atoms with Gasteiger partial charge in [0.2, 0.25) is 0 Å². The number of carbonyl (C=O) groups is 1. The van der Waals surface area contributed by atoms with Crippen molar-refractivity contribution >= 4 is 16.1 Å². The first-order chi connectivity index (χ1) is 12.0. The lowest BCUT2D eigenvalue weighted by Gasteiger charge is -2.08. The molecule has 0 aliphatic carbocycles. The highest BCUT2D eigenvalue weighted by Gasteiger charge is 2.17. The van der Waals surface area contributed by atoms with Crippen molar-refractivity contribution in [2.24, 2.45) is 0 Å². The molecule has 0 heterocycles. The summed E-state index contributed by atoms with van der Waals surface area (Å²) in [5.74, 6) is 0.212. The smallest absolute Gasteiger partial charge is 0.339 e. The van der Waals surface area contributed by atoms with E-state index in [4.69, 9.17) is 13.7 Å². The van der Waals surface area contributed by atoms with Gasteiger partial charge >= 0.3 is 16.1 Å². The molecule has 0 radical (unpaired) electrons. The molecule has 0 aromatic heterocycles. The third-order valence-electron chi connectivity index (χ3n) is 3.38. The molecule has 7 heteroatoms. The lowest BCUT2D eigenvalue weighted by Crippen LogP contribution is -2.10. The van der Waals surface area contributed by atoms with Crippen LogP contribution < -0.4 is 8.92 Å². The largest absolute Gasteiger partial charge is 0.497 e. The zero-order valence-corrected chi connectivity index (χ0v) is 14.9. The van der Waals surface area contributed by atoms with Gasteiger partial charge in [-0.05, 0) is 55.0 Å². The summed E-state index contributed by atoms with van der Waals surface area (Å²) in [6.07, 6.45) is 1.73. The number of unbranched alkanes of at least 4 members (excludes halogenated alkanes) is 1. The van der Waals surface area contributed by atoms with E-state index in [1.54, 1.807) is 0 Å². The van der Waals surface area contributed by atoms with E-state index >= 15 is 0 Å². The Morgan fingerprint density at radius 1 is 0.960 bits per heavy atom. The van der Waals surface area contributed by atoms with Crippen molar-refractivity contribution in [2.45, 2.75) is 24.7 Å². The van der Waals surface area contributed by atoms with Crippen LogP contribution in [0.25, 0.3) is 0 Å². The minimum atomic E-state index is -3.96. The van der Waals surface area contributed by atoms with Gasteiger partial charge in [-0.2, -0.15) is 8.42 Å². The minimum Gasteiger partial charge on any atom is -0.497 e. The Labute approximate surface area is 147 Å². The summed E-state index contributed by atoms with van der Waals surface area (Å²) in [6, 6.07) is 11.6. The lowest BCUT2D eigenvalue weighted by molar-refractivity contribution is 0.0499. The molecular weight excluding hydrogens is 344 g/mol. The van der Waals surface area contributed by atoms with Crippen LogP contribution in [0.4, 0.5) is 0 Å². The average Bonchev–Trinajstić information content (AvgIpc) is 2.62. The number of methoxy groups -OCH3 is 1. The first kappa shape index (κ1) is 18.8. The molecule has 2 aromatic carbocycles. The Morgan fingerprint density at radius 2 is 1.56 bits per heavy atom. The van der Waals surface area contributed by atoms with Gasteiger partial charge in [-0.15, -0.1) is 0 Å². The Balaban J connectivity index is 2.05. The van der Waals surface area contributed by atoms with Gasteiger partial charge in [0, 0.05) is 0 Å². The van der Waals surface area contributed by atoms with Crippen molar-refractivity contribution in [1.29, 1.82) is 0 Å². The second-order valence-electron chi connectivity index (χ2n) is 5.23. The molecule has 0 unspecified atom stereocenters. The fraction of sp³-hybridized carbons (Fsp3) is 0.278. The Morgan fingerprint density at radius 3 is 2.12 bits per heavy atom. The molecule has 25 heavy (non-hydrogen) atoms. The van der Waals surface area contributed by atoms with Gasteiger partial charge in [-0.1, -0.05) is 13.3 Å². The standard InChI is InChI=1S/C18H20O6S/c1-3-4-13-23-18(19)14-5-7-16(8-6-14)24-25(20,21)17-11-9-15(22-2)10-12-17/h5-12H,3-4,13H2,1-2H3. The SMILES string of the molecule is CCCCOC(=O)c1ccc(OS(=O)(=O)c2ccc(OC)cc2)cc1. The third-order valence-corrected chi connectivity index (χ3v) is 4.64. The quantitative estimate of drug-likeness (QED) is 0.406. The van der Waals surface area contributed by atoms with Crippen LogP contribution in [0.3, 0.4) is 0 Å². The molecule has 2 rings (SSSR count). The van der Waals surface area contributed by atoms with Crippen molar-refractivity contribution in [3.05, 3.63) is 54.1 Å². The molecule has 0 bridgehead atoms. The van der Waals surface area contributed by atoms with Crippen molar-refractivity contribution in [2.75, 3.05) is 13.7 Å². The van der Waals surface area contributed by atoms with Gasteiger partial charge < -0.3 is 13.7 Å². The van der Waals surface area contributed by atoms with Crippen LogP contribution in [-0.4, -0.2) is 28.1 Å². The average molecular weight is 364 g/mol. The number of benzene rings is 2. The second kappa shape index (κ2) is 8.53. The molecule has 0 fully saturated rings. The summed E-state index contributed by atoms with van der Waals surface area (Å²) in [7, 11) is -2.47. The molecular formula is C18H20O6S. The van der Waals surface area contributed by atoms with E-state index in [2.05, 4.69) is 0 Å². The molecule has 0 aliphatic rings. The Kier molecular flexibility index (Phi) is 6.41. The van der Waals surface area contributed by atoms with Crippen LogP contribution in [0.2, 0.25) is 0 Å². The van der Waals surface area contributed by atoms with E-state index in [0.717, 1.165) is 12.8 Å². The molecule has 0 N–H and O–H groups in total. The van der Waals surface area contributed by atoms with E-state index < -0.39 is 16.1 Å². The van der Waals surface area contributed by atoms with E-state index in [0.29, 0.717) is 17.9 Å². The van der Waals surface area contributed by atoms with Crippen LogP contribution in [0.15, 0.2) is 53.4 Å². The van der Waals surface area contributed by atoms with Gasteiger partial charge in [0.25, 0.3) is 0 Å². The maximum atomic E-state index is 12.2. The first-order valence-electron chi connectivity index (χ1n) is 7.82. The summed E-state index contributed by atoms with van der Waals surface area (Å²) in [4.78, 5) is 11.8. The first-order valence-corrected chi connectivity index (χ1v) is 9.23. The van der Waals surface area contributed by atoms with Crippen LogP contribution >= 0.6 is 0 Å². The van der Waals surface area contributed by atoms with Crippen LogP contribution in [0.5, 0.6) is 11.5 Å². The van der Waals surface area contributed by atoms with Gasteiger partial charge in [0.1, 0.15) is 16.4 Å². The number of esters is 1. The normalized spacial score (nSPS) is 11.0. The second-order valence-corrected chi connectivity index (χ2v) is 6.77. The van der Waals surface area contributed by atoms with E-state index in [-0.39, 0.29) is 10.6 Å². The summed E-state index contributed by atoms with van der Waals surface area (Å²) in [5, 5.41) is 0. The Hall–Kier alpha value is -2.54. The molecule has 0 saturated heterocycles. The number of ether oxygens (including phenoxy) is 2. The highest BCUT2D eigenvalue weighted by Crippen LogP contribution is 2.21. The van der Waals surface area contributed by atoms with E-state index in [9.17, 15) is 13.2 Å². The molecule has 134 valence electrons. The van der Waals surface area contributed by atoms with Gasteiger partial charge in [0.05, 0.1) is 19.3 Å². The van der Waals surface area contributed by atoms with Gasteiger partial charge in [-0.25, -0.2) is 4.79 Å². The number of hydrogen-bond acceptors (Lipinski definition) is 6. The molecule has 0 saturated carbocycles.